The second-order valence-corrected chi connectivity index (χ2v) is 10.0. The van der Waals surface area contributed by atoms with Gasteiger partial charge in [0.25, 0.3) is 0 Å². The summed E-state index contributed by atoms with van der Waals surface area (Å²) in [7, 11) is 0. The quantitative estimate of drug-likeness (QED) is 0.331. The maximum absolute atomic E-state index is 15.9. The molecule has 3 aliphatic rings. The van der Waals surface area contributed by atoms with Gasteiger partial charge < -0.3 is 10.1 Å². The molecule has 5 rings (SSSR count). The van der Waals surface area contributed by atoms with Gasteiger partial charge in [-0.2, -0.15) is 0 Å². The summed E-state index contributed by atoms with van der Waals surface area (Å²) in [6.07, 6.45) is 2.70. The summed E-state index contributed by atoms with van der Waals surface area (Å²) in [6.45, 7) is 2.88. The lowest BCUT2D eigenvalue weighted by molar-refractivity contribution is 0.0976. The fraction of sp³-hybridized carbons (Fsp3) is 0.500. The highest BCUT2D eigenvalue weighted by atomic mass is 19.1. The average Bonchev–Trinajstić information content (AvgIpc) is 3.46. The normalized spacial score (nSPS) is 22.8. The molecule has 1 heterocycles. The highest BCUT2D eigenvalue weighted by Crippen LogP contribution is 2.52. The van der Waals surface area contributed by atoms with E-state index in [1.54, 1.807) is 0 Å². The van der Waals surface area contributed by atoms with Crippen molar-refractivity contribution in [3.8, 4) is 5.75 Å². The Hall–Kier alpha value is -2.38. The zero-order chi connectivity index (χ0) is 24.6. The van der Waals surface area contributed by atoms with Gasteiger partial charge in [-0.25, -0.2) is 13.2 Å². The molecule has 0 saturated heterocycles. The number of rotatable bonds is 10. The number of nitrogens with zero attached hydrogens (tertiary/aromatic N) is 1. The van der Waals surface area contributed by atoms with Crippen LogP contribution in [0.4, 0.5) is 17.6 Å². The first-order valence-electron chi connectivity index (χ1n) is 12.5. The largest absolute Gasteiger partial charge is 0.489 e. The third-order valence-electron chi connectivity index (χ3n) is 7.49. The van der Waals surface area contributed by atoms with E-state index in [1.807, 2.05) is 24.0 Å². The highest BCUT2D eigenvalue weighted by Gasteiger charge is 2.49. The molecule has 35 heavy (non-hydrogen) atoms. The van der Waals surface area contributed by atoms with E-state index in [0.717, 1.165) is 28.7 Å². The first kappa shape index (κ1) is 24.3. The molecule has 1 saturated carbocycles. The van der Waals surface area contributed by atoms with Crippen LogP contribution >= 0.6 is 0 Å². The van der Waals surface area contributed by atoms with Crippen molar-refractivity contribution in [1.29, 1.82) is 0 Å². The first-order valence-corrected chi connectivity index (χ1v) is 12.5. The second-order valence-electron chi connectivity index (χ2n) is 10.0. The standard InChI is InChI=1S/C28H32F4N2O/c1-18-15-21-20-6-3-2-5-19(20)16-22(21)27(34(18)17-28(32)9-10-28)25-23(30)7-8-24(26(25)31)35-14-13-33-12-4-11-29/h2-3,5-8,18,27,33H,4,9-17H2,1H3/t18-,27+/m1/s1. The maximum Gasteiger partial charge on any atom is 0.173 e. The Morgan fingerprint density at radius 1 is 1.11 bits per heavy atom. The summed E-state index contributed by atoms with van der Waals surface area (Å²) in [6, 6.07) is 9.87. The van der Waals surface area contributed by atoms with Crippen molar-refractivity contribution in [3.63, 3.8) is 0 Å². The predicted molar refractivity (Wildman–Crippen MR) is 129 cm³/mol. The van der Waals surface area contributed by atoms with Gasteiger partial charge in [0, 0.05) is 24.7 Å². The van der Waals surface area contributed by atoms with E-state index in [0.29, 0.717) is 38.8 Å². The van der Waals surface area contributed by atoms with Crippen LogP contribution in [0.1, 0.15) is 55.3 Å². The smallest absolute Gasteiger partial charge is 0.173 e. The molecule has 1 fully saturated rings. The third kappa shape index (κ3) is 4.85. The maximum atomic E-state index is 15.9. The number of fused-ring (bicyclic) bond motifs is 2. The highest BCUT2D eigenvalue weighted by molar-refractivity contribution is 5.79. The molecule has 0 radical (unpaired) electrons. The van der Waals surface area contributed by atoms with Gasteiger partial charge in [-0.05, 0) is 80.0 Å². The van der Waals surface area contributed by atoms with Crippen molar-refractivity contribution >= 4 is 5.57 Å². The molecule has 0 amide bonds. The van der Waals surface area contributed by atoms with Crippen LogP contribution in [0.3, 0.4) is 0 Å². The van der Waals surface area contributed by atoms with E-state index >= 15 is 13.2 Å². The van der Waals surface area contributed by atoms with Crippen molar-refractivity contribution in [2.75, 3.05) is 32.9 Å². The zero-order valence-electron chi connectivity index (χ0n) is 20.1. The molecule has 0 spiro atoms. The summed E-state index contributed by atoms with van der Waals surface area (Å²) in [5, 5.41) is 3.03. The van der Waals surface area contributed by atoms with E-state index < -0.39 is 30.0 Å². The molecule has 0 bridgehead atoms. The number of alkyl halides is 2. The molecule has 0 aromatic heterocycles. The van der Waals surface area contributed by atoms with E-state index in [9.17, 15) is 4.39 Å². The van der Waals surface area contributed by atoms with Gasteiger partial charge in [0.1, 0.15) is 18.1 Å². The van der Waals surface area contributed by atoms with Crippen LogP contribution in [-0.2, 0) is 6.42 Å². The Bertz CT molecular complexity index is 1110. The van der Waals surface area contributed by atoms with E-state index in [1.165, 1.54) is 12.1 Å². The van der Waals surface area contributed by atoms with Crippen molar-refractivity contribution < 1.29 is 22.3 Å². The van der Waals surface area contributed by atoms with Crippen LogP contribution in [0.2, 0.25) is 0 Å². The topological polar surface area (TPSA) is 24.5 Å². The summed E-state index contributed by atoms with van der Waals surface area (Å²) in [5.41, 5.74) is 3.00. The minimum atomic E-state index is -1.29. The fourth-order valence-electron chi connectivity index (χ4n) is 5.49. The molecule has 0 unspecified atom stereocenters. The number of benzene rings is 2. The Morgan fingerprint density at radius 3 is 2.69 bits per heavy atom. The predicted octanol–water partition coefficient (Wildman–Crippen LogP) is 5.94. The molecule has 2 aromatic carbocycles. The monoisotopic (exact) mass is 488 g/mol. The molecule has 2 aliphatic carbocycles. The Morgan fingerprint density at radius 2 is 1.91 bits per heavy atom. The van der Waals surface area contributed by atoms with Gasteiger partial charge in [-0.15, -0.1) is 0 Å². The summed E-state index contributed by atoms with van der Waals surface area (Å²) in [5.74, 6) is -1.40. The Kier molecular flexibility index (Phi) is 6.91. The molecule has 188 valence electrons. The lowest BCUT2D eigenvalue weighted by atomic mass is 9.84. The SMILES string of the molecule is C[C@@H]1CC2=C(Cc3ccccc32)[C@@H](c2c(F)ccc(OCCNCCCF)c2F)N1CC1(F)CC1. The lowest BCUT2D eigenvalue weighted by Gasteiger charge is -2.43. The van der Waals surface area contributed by atoms with E-state index in [4.69, 9.17) is 4.74 Å². The molecule has 2 aromatic rings. The van der Waals surface area contributed by atoms with Crippen LogP contribution in [0.15, 0.2) is 42.0 Å². The Balaban J connectivity index is 1.49. The molecule has 3 nitrogen and oxygen atoms in total. The summed E-state index contributed by atoms with van der Waals surface area (Å²) < 4.78 is 64.2. The number of halogens is 4. The molecule has 2 atom stereocenters. The van der Waals surface area contributed by atoms with Crippen LogP contribution in [0.25, 0.3) is 5.57 Å². The third-order valence-corrected chi connectivity index (χ3v) is 7.49. The molecular weight excluding hydrogens is 456 g/mol. The molecule has 1 aliphatic heterocycles. The molecule has 1 N–H and O–H groups in total. The van der Waals surface area contributed by atoms with E-state index in [-0.39, 0.29) is 30.5 Å². The summed E-state index contributed by atoms with van der Waals surface area (Å²) in [4.78, 5) is 1.96. The van der Waals surface area contributed by atoms with Crippen LogP contribution in [-0.4, -0.2) is 49.5 Å². The number of hydrogen-bond acceptors (Lipinski definition) is 3. The van der Waals surface area contributed by atoms with Crippen LogP contribution in [0.5, 0.6) is 5.75 Å². The second kappa shape index (κ2) is 9.94. The molecule has 7 heteroatoms. The first-order chi connectivity index (χ1) is 16.9. The fourth-order valence-corrected chi connectivity index (χ4v) is 5.49. The van der Waals surface area contributed by atoms with Crippen molar-refractivity contribution in [3.05, 3.63) is 70.3 Å². The average molecular weight is 489 g/mol. The lowest BCUT2D eigenvalue weighted by Crippen LogP contribution is -2.45. The minimum absolute atomic E-state index is 0.0223. The number of nitrogens with one attached hydrogen (secondary N) is 1. The van der Waals surface area contributed by atoms with Gasteiger partial charge in [-0.1, -0.05) is 24.3 Å². The van der Waals surface area contributed by atoms with Crippen LogP contribution in [0, 0.1) is 11.6 Å². The van der Waals surface area contributed by atoms with Crippen molar-refractivity contribution in [2.45, 2.75) is 56.8 Å². The minimum Gasteiger partial charge on any atom is -0.489 e. The zero-order valence-corrected chi connectivity index (χ0v) is 20.1. The van der Waals surface area contributed by atoms with Crippen molar-refractivity contribution in [1.82, 2.24) is 10.2 Å². The Labute approximate surface area is 204 Å². The van der Waals surface area contributed by atoms with Crippen LogP contribution < -0.4 is 10.1 Å². The van der Waals surface area contributed by atoms with Gasteiger partial charge in [-0.3, -0.25) is 9.29 Å². The van der Waals surface area contributed by atoms with Crippen molar-refractivity contribution in [2.24, 2.45) is 0 Å². The molecular formula is C28H32F4N2O. The number of ether oxygens (including phenoxy) is 1. The van der Waals surface area contributed by atoms with Gasteiger partial charge in [0.15, 0.2) is 11.6 Å². The van der Waals surface area contributed by atoms with Gasteiger partial charge in [0.05, 0.1) is 12.7 Å². The van der Waals surface area contributed by atoms with Gasteiger partial charge in [0.2, 0.25) is 0 Å². The van der Waals surface area contributed by atoms with E-state index in [2.05, 4.69) is 17.4 Å². The summed E-state index contributed by atoms with van der Waals surface area (Å²) >= 11 is 0. The van der Waals surface area contributed by atoms with Gasteiger partial charge >= 0.3 is 0 Å². The number of hydrogen-bond donors (Lipinski definition) is 1.